The fraction of sp³-hybridized carbons (Fsp3) is 0.179. The Morgan fingerprint density at radius 3 is 2.44 bits per heavy atom. The van der Waals surface area contributed by atoms with Crippen LogP contribution >= 0.6 is 27.7 Å². The van der Waals surface area contributed by atoms with Crippen molar-refractivity contribution in [2.45, 2.75) is 30.5 Å². The highest BCUT2D eigenvalue weighted by Gasteiger charge is 2.21. The van der Waals surface area contributed by atoms with E-state index in [1.54, 1.807) is 13.3 Å². The van der Waals surface area contributed by atoms with Crippen molar-refractivity contribution in [3.8, 4) is 5.75 Å². The van der Waals surface area contributed by atoms with E-state index in [1.165, 1.54) is 11.8 Å². The van der Waals surface area contributed by atoms with E-state index in [4.69, 9.17) is 4.74 Å². The van der Waals surface area contributed by atoms with Crippen molar-refractivity contribution >= 4 is 39.8 Å². The average Bonchev–Trinajstić information content (AvgIpc) is 3.14. The Morgan fingerprint density at radius 1 is 1.11 bits per heavy atom. The van der Waals surface area contributed by atoms with Crippen LogP contribution in [0.4, 0.5) is 0 Å². The SMILES string of the molecule is COc1ccc(/C=N\NC(=O)[C@@H](Sc2ccccc2)c2ccccc2)cc1Cn1nc(C)c(Br)c1C. The van der Waals surface area contributed by atoms with Crippen LogP contribution in [-0.4, -0.2) is 29.0 Å². The molecule has 4 aromatic rings. The molecule has 184 valence electrons. The second kappa shape index (κ2) is 12.1. The Hall–Kier alpha value is -3.36. The second-order valence-electron chi connectivity index (χ2n) is 8.17. The molecule has 0 aliphatic carbocycles. The van der Waals surface area contributed by atoms with Gasteiger partial charge < -0.3 is 4.74 Å². The number of methoxy groups -OCH3 is 1. The first-order chi connectivity index (χ1) is 17.5. The van der Waals surface area contributed by atoms with Gasteiger partial charge in [-0.2, -0.15) is 10.2 Å². The van der Waals surface area contributed by atoms with Gasteiger partial charge in [0.2, 0.25) is 0 Å². The maximum Gasteiger partial charge on any atom is 0.258 e. The lowest BCUT2D eigenvalue weighted by Crippen LogP contribution is -2.23. The number of carbonyl (C=O) groups is 1. The maximum atomic E-state index is 13.1. The standard InChI is InChI=1S/C28H27BrN4O2S/c1-19-26(29)20(2)33(32-19)18-23-16-21(14-15-25(23)35-3)17-30-31-28(34)27(22-10-6-4-7-11-22)36-24-12-8-5-9-13-24/h4-17,27H,18H2,1-3H3,(H,31,34)/b30-17-/t27-/m0/s1. The number of aryl methyl sites for hydroxylation is 1. The van der Waals surface area contributed by atoms with Crippen molar-refractivity contribution in [1.29, 1.82) is 0 Å². The minimum absolute atomic E-state index is 0.187. The summed E-state index contributed by atoms with van der Waals surface area (Å²) < 4.78 is 8.50. The van der Waals surface area contributed by atoms with Gasteiger partial charge in [0.1, 0.15) is 11.0 Å². The summed E-state index contributed by atoms with van der Waals surface area (Å²) in [5, 5.41) is 8.43. The van der Waals surface area contributed by atoms with Crippen LogP contribution in [0.5, 0.6) is 5.75 Å². The number of hydrogen-bond acceptors (Lipinski definition) is 5. The lowest BCUT2D eigenvalue weighted by molar-refractivity contribution is -0.120. The number of amides is 1. The third-order valence-electron chi connectivity index (χ3n) is 5.64. The van der Waals surface area contributed by atoms with Crippen molar-refractivity contribution in [3.63, 3.8) is 0 Å². The van der Waals surface area contributed by atoms with Crippen LogP contribution in [0.2, 0.25) is 0 Å². The van der Waals surface area contributed by atoms with E-state index in [0.717, 1.165) is 43.2 Å². The van der Waals surface area contributed by atoms with Crippen LogP contribution in [-0.2, 0) is 11.3 Å². The number of hydrazone groups is 1. The van der Waals surface area contributed by atoms with Gasteiger partial charge in [0.25, 0.3) is 5.91 Å². The quantitative estimate of drug-likeness (QED) is 0.147. The molecule has 0 saturated heterocycles. The Labute approximate surface area is 223 Å². The Morgan fingerprint density at radius 2 is 1.81 bits per heavy atom. The van der Waals surface area contributed by atoms with Gasteiger partial charge in [0.15, 0.2) is 0 Å². The minimum atomic E-state index is -0.429. The summed E-state index contributed by atoms with van der Waals surface area (Å²) >= 11 is 5.08. The predicted octanol–water partition coefficient (Wildman–Crippen LogP) is 6.30. The molecule has 36 heavy (non-hydrogen) atoms. The topological polar surface area (TPSA) is 68.5 Å². The summed E-state index contributed by atoms with van der Waals surface area (Å²) in [6, 6.07) is 25.4. The lowest BCUT2D eigenvalue weighted by atomic mass is 10.1. The molecule has 0 saturated carbocycles. The Bertz CT molecular complexity index is 1360. The maximum absolute atomic E-state index is 13.1. The summed E-state index contributed by atoms with van der Waals surface area (Å²) in [5.41, 5.74) is 7.44. The Balaban J connectivity index is 1.50. The number of nitrogens with one attached hydrogen (secondary N) is 1. The van der Waals surface area contributed by atoms with Crippen LogP contribution in [0, 0.1) is 13.8 Å². The number of hydrogen-bond donors (Lipinski definition) is 1. The zero-order valence-corrected chi connectivity index (χ0v) is 22.7. The first kappa shape index (κ1) is 25.7. The first-order valence-corrected chi connectivity index (χ1v) is 13.1. The largest absolute Gasteiger partial charge is 0.496 e. The normalized spacial score (nSPS) is 12.0. The van der Waals surface area contributed by atoms with Crippen LogP contribution in [0.3, 0.4) is 0 Å². The zero-order chi connectivity index (χ0) is 25.5. The summed E-state index contributed by atoms with van der Waals surface area (Å²) in [6.07, 6.45) is 1.65. The van der Waals surface area contributed by atoms with E-state index < -0.39 is 5.25 Å². The predicted molar refractivity (Wildman–Crippen MR) is 149 cm³/mol. The van der Waals surface area contributed by atoms with Gasteiger partial charge in [-0.25, -0.2) is 5.43 Å². The number of thioether (sulfide) groups is 1. The third kappa shape index (κ3) is 6.25. The lowest BCUT2D eigenvalue weighted by Gasteiger charge is -2.15. The molecule has 0 aliphatic rings. The molecule has 0 unspecified atom stereocenters. The minimum Gasteiger partial charge on any atom is -0.496 e. The van der Waals surface area contributed by atoms with Crippen molar-refractivity contribution in [1.82, 2.24) is 15.2 Å². The number of nitrogens with zero attached hydrogens (tertiary/aromatic N) is 3. The molecular formula is C28H27BrN4O2S. The second-order valence-corrected chi connectivity index (χ2v) is 10.1. The summed E-state index contributed by atoms with van der Waals surface area (Å²) in [6.45, 7) is 4.54. The van der Waals surface area contributed by atoms with Crippen LogP contribution in [0.1, 0.15) is 33.3 Å². The zero-order valence-electron chi connectivity index (χ0n) is 20.3. The van der Waals surface area contributed by atoms with Gasteiger partial charge in [-0.1, -0.05) is 48.5 Å². The number of ether oxygens (including phenoxy) is 1. The van der Waals surface area contributed by atoms with Gasteiger partial charge in [-0.05, 0) is 71.2 Å². The van der Waals surface area contributed by atoms with Gasteiger partial charge in [-0.15, -0.1) is 11.8 Å². The number of aromatic nitrogens is 2. The van der Waals surface area contributed by atoms with E-state index >= 15 is 0 Å². The van der Waals surface area contributed by atoms with E-state index in [9.17, 15) is 4.79 Å². The highest BCUT2D eigenvalue weighted by Crippen LogP contribution is 2.35. The molecule has 0 radical (unpaired) electrons. The van der Waals surface area contributed by atoms with Crippen molar-refractivity contribution < 1.29 is 9.53 Å². The average molecular weight is 564 g/mol. The summed E-state index contributed by atoms with van der Waals surface area (Å²) in [5.74, 6) is 0.579. The van der Waals surface area contributed by atoms with Gasteiger partial charge >= 0.3 is 0 Å². The van der Waals surface area contributed by atoms with Crippen molar-refractivity contribution in [2.24, 2.45) is 5.10 Å². The van der Waals surface area contributed by atoms with Gasteiger partial charge in [0, 0.05) is 10.5 Å². The summed E-state index contributed by atoms with van der Waals surface area (Å²) in [7, 11) is 1.65. The van der Waals surface area contributed by atoms with E-state index in [1.807, 2.05) is 97.4 Å². The first-order valence-electron chi connectivity index (χ1n) is 11.4. The molecule has 0 fully saturated rings. The van der Waals surface area contributed by atoms with E-state index in [-0.39, 0.29) is 5.91 Å². The molecule has 0 aliphatic heterocycles. The number of halogens is 1. The number of rotatable bonds is 9. The molecule has 3 aromatic carbocycles. The van der Waals surface area contributed by atoms with Crippen molar-refractivity contribution in [3.05, 3.63) is 111 Å². The molecule has 1 amide bonds. The summed E-state index contributed by atoms with van der Waals surface area (Å²) in [4.78, 5) is 14.2. The molecule has 0 bridgehead atoms. The van der Waals surface area contributed by atoms with Crippen LogP contribution < -0.4 is 10.2 Å². The third-order valence-corrected chi connectivity index (χ3v) is 8.06. The molecule has 0 spiro atoms. The fourth-order valence-corrected chi connectivity index (χ4v) is 5.08. The molecule has 1 heterocycles. The molecule has 1 atom stereocenters. The van der Waals surface area contributed by atoms with Crippen LogP contribution in [0.15, 0.2) is 93.3 Å². The number of carbonyl (C=O) groups excluding carboxylic acids is 1. The molecule has 6 nitrogen and oxygen atoms in total. The van der Waals surface area contributed by atoms with Gasteiger partial charge in [-0.3, -0.25) is 9.48 Å². The Kier molecular flexibility index (Phi) is 8.61. The molecular weight excluding hydrogens is 536 g/mol. The highest BCUT2D eigenvalue weighted by molar-refractivity contribution is 9.10. The monoisotopic (exact) mass is 562 g/mol. The smallest absolute Gasteiger partial charge is 0.258 e. The highest BCUT2D eigenvalue weighted by atomic mass is 79.9. The number of benzene rings is 3. The van der Waals surface area contributed by atoms with Gasteiger partial charge in [0.05, 0.1) is 35.7 Å². The fourth-order valence-electron chi connectivity index (χ4n) is 3.76. The molecule has 1 aromatic heterocycles. The van der Waals surface area contributed by atoms with E-state index in [0.29, 0.717) is 6.54 Å². The molecule has 4 rings (SSSR count). The van der Waals surface area contributed by atoms with Crippen molar-refractivity contribution in [2.75, 3.05) is 7.11 Å². The molecule has 1 N–H and O–H groups in total. The van der Waals surface area contributed by atoms with E-state index in [2.05, 4.69) is 31.6 Å². The molecule has 8 heteroatoms. The van der Waals surface area contributed by atoms with Crippen LogP contribution in [0.25, 0.3) is 0 Å².